The van der Waals surface area contributed by atoms with Gasteiger partial charge in [0.2, 0.25) is 0 Å². The molecule has 2 fully saturated rings. The lowest BCUT2D eigenvalue weighted by Crippen LogP contribution is -2.39. The molecule has 0 amide bonds. The van der Waals surface area contributed by atoms with E-state index in [4.69, 9.17) is 4.74 Å². The first-order valence-electron chi connectivity index (χ1n) is 7.87. The van der Waals surface area contributed by atoms with Crippen molar-refractivity contribution in [2.45, 2.75) is 82.5 Å². The lowest BCUT2D eigenvalue weighted by Gasteiger charge is -2.26. The Morgan fingerprint density at radius 3 is 2.22 bits per heavy atom. The zero-order valence-corrected chi connectivity index (χ0v) is 11.6. The van der Waals surface area contributed by atoms with E-state index in [1.165, 1.54) is 64.2 Å². The van der Waals surface area contributed by atoms with Gasteiger partial charge in [-0.25, -0.2) is 0 Å². The quantitative estimate of drug-likeness (QED) is 0.766. The second-order valence-electron chi connectivity index (χ2n) is 5.99. The fourth-order valence-corrected chi connectivity index (χ4v) is 3.15. The number of nitrogens with one attached hydrogen (secondary N) is 1. The molecule has 2 rings (SSSR count). The minimum Gasteiger partial charge on any atom is -0.389 e. The van der Waals surface area contributed by atoms with Gasteiger partial charge in [-0.15, -0.1) is 0 Å². The third-order valence-corrected chi connectivity index (χ3v) is 4.32. The highest BCUT2D eigenvalue weighted by Crippen LogP contribution is 2.20. The van der Waals surface area contributed by atoms with E-state index in [0.29, 0.717) is 25.3 Å². The van der Waals surface area contributed by atoms with Crippen molar-refractivity contribution in [1.82, 2.24) is 5.32 Å². The standard InChI is InChI=1S/C15H29NO2/c17-14(11-16-13-7-3-1-4-8-13)12-18-15-9-5-2-6-10-15/h13-17H,1-12H2/t14-/m0/s1. The van der Waals surface area contributed by atoms with Crippen molar-refractivity contribution in [3.63, 3.8) is 0 Å². The van der Waals surface area contributed by atoms with Crippen molar-refractivity contribution in [1.29, 1.82) is 0 Å². The molecule has 0 spiro atoms. The molecular formula is C15H29NO2. The Hall–Kier alpha value is -0.120. The van der Waals surface area contributed by atoms with Crippen LogP contribution in [0.1, 0.15) is 64.2 Å². The smallest absolute Gasteiger partial charge is 0.0897 e. The zero-order chi connectivity index (χ0) is 12.6. The Bertz CT molecular complexity index is 189. The normalized spacial score (nSPS) is 25.2. The number of ether oxygens (including phenoxy) is 1. The van der Waals surface area contributed by atoms with Gasteiger partial charge >= 0.3 is 0 Å². The average Bonchev–Trinajstić information content (AvgIpc) is 2.45. The summed E-state index contributed by atoms with van der Waals surface area (Å²) in [6, 6.07) is 0.628. The number of aliphatic hydroxyl groups is 1. The van der Waals surface area contributed by atoms with E-state index in [1.807, 2.05) is 0 Å². The van der Waals surface area contributed by atoms with Crippen LogP contribution in [0.5, 0.6) is 0 Å². The van der Waals surface area contributed by atoms with Gasteiger partial charge in [0, 0.05) is 12.6 Å². The van der Waals surface area contributed by atoms with E-state index in [-0.39, 0.29) is 6.10 Å². The lowest BCUT2D eigenvalue weighted by molar-refractivity contribution is -0.0238. The van der Waals surface area contributed by atoms with E-state index in [9.17, 15) is 5.11 Å². The molecule has 3 heteroatoms. The first-order chi connectivity index (χ1) is 8.84. The van der Waals surface area contributed by atoms with E-state index >= 15 is 0 Å². The Labute approximate surface area is 111 Å². The molecule has 3 nitrogen and oxygen atoms in total. The van der Waals surface area contributed by atoms with Crippen molar-refractivity contribution in [3.8, 4) is 0 Å². The molecule has 0 aliphatic heterocycles. The van der Waals surface area contributed by atoms with Crippen molar-refractivity contribution < 1.29 is 9.84 Å². The Kier molecular flexibility index (Phi) is 6.46. The monoisotopic (exact) mass is 255 g/mol. The topological polar surface area (TPSA) is 41.5 Å². The molecule has 0 radical (unpaired) electrons. The molecule has 2 N–H and O–H groups in total. The second-order valence-corrected chi connectivity index (χ2v) is 5.99. The van der Waals surface area contributed by atoms with Crippen molar-refractivity contribution in [2.75, 3.05) is 13.2 Å². The van der Waals surface area contributed by atoms with Crippen LogP contribution in [0.4, 0.5) is 0 Å². The van der Waals surface area contributed by atoms with E-state index in [2.05, 4.69) is 5.32 Å². The summed E-state index contributed by atoms with van der Waals surface area (Å²) in [7, 11) is 0. The molecule has 18 heavy (non-hydrogen) atoms. The van der Waals surface area contributed by atoms with Crippen LogP contribution in [0, 0.1) is 0 Å². The van der Waals surface area contributed by atoms with Crippen LogP contribution in [0.15, 0.2) is 0 Å². The van der Waals surface area contributed by atoms with Gasteiger partial charge in [-0.05, 0) is 25.7 Å². The van der Waals surface area contributed by atoms with Crippen LogP contribution in [-0.2, 0) is 4.74 Å². The van der Waals surface area contributed by atoms with Gasteiger partial charge in [0.05, 0.1) is 18.8 Å². The van der Waals surface area contributed by atoms with E-state index in [1.54, 1.807) is 0 Å². The number of aliphatic hydroxyl groups excluding tert-OH is 1. The van der Waals surface area contributed by atoms with Gasteiger partial charge in [0.25, 0.3) is 0 Å². The summed E-state index contributed by atoms with van der Waals surface area (Å²) in [6.45, 7) is 1.20. The largest absolute Gasteiger partial charge is 0.389 e. The molecule has 0 aromatic heterocycles. The zero-order valence-electron chi connectivity index (χ0n) is 11.6. The van der Waals surface area contributed by atoms with E-state index in [0.717, 1.165) is 0 Å². The van der Waals surface area contributed by atoms with Crippen molar-refractivity contribution >= 4 is 0 Å². The average molecular weight is 255 g/mol. The molecule has 0 saturated heterocycles. The maximum Gasteiger partial charge on any atom is 0.0897 e. The van der Waals surface area contributed by atoms with Crippen LogP contribution in [0.2, 0.25) is 0 Å². The summed E-state index contributed by atoms with van der Waals surface area (Å²) in [5.41, 5.74) is 0. The van der Waals surface area contributed by atoms with E-state index < -0.39 is 0 Å². The van der Waals surface area contributed by atoms with Crippen molar-refractivity contribution in [2.24, 2.45) is 0 Å². The predicted octanol–water partition coefficient (Wildman–Crippen LogP) is 2.62. The van der Waals surface area contributed by atoms with Crippen LogP contribution >= 0.6 is 0 Å². The predicted molar refractivity (Wildman–Crippen MR) is 73.7 cm³/mol. The molecule has 0 heterocycles. The first kappa shape index (κ1) is 14.3. The van der Waals surface area contributed by atoms with Gasteiger partial charge in [-0.2, -0.15) is 0 Å². The highest BCUT2D eigenvalue weighted by atomic mass is 16.5. The Morgan fingerprint density at radius 1 is 0.944 bits per heavy atom. The van der Waals surface area contributed by atoms with Gasteiger partial charge in [0.1, 0.15) is 0 Å². The third kappa shape index (κ3) is 5.25. The molecule has 106 valence electrons. The van der Waals surface area contributed by atoms with Crippen molar-refractivity contribution in [3.05, 3.63) is 0 Å². The highest BCUT2D eigenvalue weighted by Gasteiger charge is 2.17. The SMILES string of the molecule is O[C@@H](CNC1CCCCC1)COC1CCCCC1. The molecule has 0 aromatic rings. The molecule has 1 atom stereocenters. The Morgan fingerprint density at radius 2 is 1.56 bits per heavy atom. The van der Waals surface area contributed by atoms with Gasteiger partial charge in [0.15, 0.2) is 0 Å². The fraction of sp³-hybridized carbons (Fsp3) is 1.00. The summed E-state index contributed by atoms with van der Waals surface area (Å²) in [6.07, 6.45) is 13.0. The summed E-state index contributed by atoms with van der Waals surface area (Å²) in [4.78, 5) is 0. The molecule has 0 aromatic carbocycles. The lowest BCUT2D eigenvalue weighted by atomic mass is 9.95. The summed E-state index contributed by atoms with van der Waals surface area (Å²) >= 11 is 0. The molecule has 2 saturated carbocycles. The summed E-state index contributed by atoms with van der Waals surface area (Å²) < 4.78 is 5.79. The molecule has 0 unspecified atom stereocenters. The Balaban J connectivity index is 1.52. The number of hydrogen-bond acceptors (Lipinski definition) is 3. The minimum absolute atomic E-state index is 0.339. The summed E-state index contributed by atoms with van der Waals surface area (Å²) in [5, 5.41) is 13.4. The highest BCUT2D eigenvalue weighted by molar-refractivity contribution is 4.74. The van der Waals surface area contributed by atoms with Crippen LogP contribution in [0.25, 0.3) is 0 Å². The summed E-state index contributed by atoms with van der Waals surface area (Å²) in [5.74, 6) is 0. The first-order valence-corrected chi connectivity index (χ1v) is 7.87. The molecule has 2 aliphatic carbocycles. The molecular weight excluding hydrogens is 226 g/mol. The fourth-order valence-electron chi connectivity index (χ4n) is 3.15. The molecule has 2 aliphatic rings. The van der Waals surface area contributed by atoms with Gasteiger partial charge in [-0.3, -0.25) is 0 Å². The number of rotatable bonds is 6. The van der Waals surface area contributed by atoms with Gasteiger partial charge < -0.3 is 15.2 Å². The maximum absolute atomic E-state index is 9.92. The maximum atomic E-state index is 9.92. The van der Waals surface area contributed by atoms with Crippen LogP contribution in [-0.4, -0.2) is 36.5 Å². The molecule has 0 bridgehead atoms. The third-order valence-electron chi connectivity index (χ3n) is 4.32. The van der Waals surface area contributed by atoms with Gasteiger partial charge in [-0.1, -0.05) is 38.5 Å². The van der Waals surface area contributed by atoms with Crippen LogP contribution < -0.4 is 5.32 Å². The second kappa shape index (κ2) is 8.13. The van der Waals surface area contributed by atoms with Crippen LogP contribution in [0.3, 0.4) is 0 Å². The number of hydrogen-bond donors (Lipinski definition) is 2. The minimum atomic E-state index is -0.339.